The van der Waals surface area contributed by atoms with Crippen LogP contribution in [0.25, 0.3) is 0 Å². The van der Waals surface area contributed by atoms with Crippen molar-refractivity contribution >= 4 is 23.5 Å². The molecule has 124 valence electrons. The third kappa shape index (κ3) is 5.07. The highest BCUT2D eigenvalue weighted by molar-refractivity contribution is 7.09. The van der Waals surface area contributed by atoms with Crippen molar-refractivity contribution < 1.29 is 14.3 Å². The van der Waals surface area contributed by atoms with Gasteiger partial charge in [0.05, 0.1) is 19.7 Å². The second kappa shape index (κ2) is 8.64. The molecule has 0 spiro atoms. The van der Waals surface area contributed by atoms with Crippen LogP contribution in [0.2, 0.25) is 0 Å². The van der Waals surface area contributed by atoms with E-state index in [0.717, 1.165) is 16.3 Å². The summed E-state index contributed by atoms with van der Waals surface area (Å²) in [6.45, 7) is 1.82. The van der Waals surface area contributed by atoms with Crippen LogP contribution in [0.5, 0.6) is 11.5 Å². The summed E-state index contributed by atoms with van der Waals surface area (Å²) in [5.74, 6) is 0.722. The number of carbonyl (C=O) groups is 1. The number of methoxy groups -OCH3 is 1. The molecule has 0 radical (unpaired) electrons. The molecule has 1 heterocycles. The number of amides is 1. The maximum atomic E-state index is 11.8. The highest BCUT2D eigenvalue weighted by atomic mass is 32.1. The number of nitriles is 1. The predicted octanol–water partition coefficient (Wildman–Crippen LogP) is 2.06. The number of aryl methyl sites for hydroxylation is 1. The highest BCUT2D eigenvalue weighted by Gasteiger charge is 2.06. The van der Waals surface area contributed by atoms with Crippen LogP contribution in [0.1, 0.15) is 16.3 Å². The lowest BCUT2D eigenvalue weighted by molar-refractivity contribution is -0.120. The maximum absolute atomic E-state index is 11.8. The van der Waals surface area contributed by atoms with E-state index < -0.39 is 0 Å². The van der Waals surface area contributed by atoms with E-state index in [2.05, 4.69) is 15.5 Å². The van der Waals surface area contributed by atoms with Gasteiger partial charge in [-0.2, -0.15) is 10.4 Å². The molecule has 24 heavy (non-hydrogen) atoms. The number of aromatic nitrogens is 1. The maximum Gasteiger partial charge on any atom is 0.246 e. The molecule has 0 aliphatic heterocycles. The smallest absolute Gasteiger partial charge is 0.246 e. The quantitative estimate of drug-likeness (QED) is 0.612. The fourth-order valence-corrected chi connectivity index (χ4v) is 2.60. The number of carbonyl (C=O) groups excluding carboxylic acids is 1. The number of rotatable bonds is 7. The number of benzene rings is 1. The predicted molar refractivity (Wildman–Crippen MR) is 90.4 cm³/mol. The summed E-state index contributed by atoms with van der Waals surface area (Å²) in [6.07, 6.45) is 1.70. The summed E-state index contributed by atoms with van der Waals surface area (Å²) < 4.78 is 10.4. The Morgan fingerprint density at radius 1 is 1.50 bits per heavy atom. The van der Waals surface area contributed by atoms with E-state index in [4.69, 9.17) is 14.7 Å². The Hall–Kier alpha value is -2.92. The van der Waals surface area contributed by atoms with Crippen molar-refractivity contribution in [2.45, 2.75) is 13.3 Å². The van der Waals surface area contributed by atoms with Crippen LogP contribution in [0.3, 0.4) is 0 Å². The molecule has 2 rings (SSSR count). The molecule has 0 saturated carbocycles. The minimum absolute atomic E-state index is 0.0594. The van der Waals surface area contributed by atoms with Gasteiger partial charge in [-0.1, -0.05) is 0 Å². The van der Waals surface area contributed by atoms with Gasteiger partial charge >= 0.3 is 0 Å². The first-order valence-electron chi connectivity index (χ1n) is 7.03. The fourth-order valence-electron chi connectivity index (χ4n) is 1.83. The van der Waals surface area contributed by atoms with Crippen molar-refractivity contribution in [2.75, 3.05) is 13.7 Å². The second-order valence-electron chi connectivity index (χ2n) is 4.71. The number of thiazole rings is 1. The van der Waals surface area contributed by atoms with Crippen LogP contribution in [0, 0.1) is 18.3 Å². The lowest BCUT2D eigenvalue weighted by atomic mass is 10.2. The molecule has 0 fully saturated rings. The second-order valence-corrected chi connectivity index (χ2v) is 5.65. The number of nitrogens with zero attached hydrogens (tertiary/aromatic N) is 3. The van der Waals surface area contributed by atoms with Crippen molar-refractivity contribution in [3.05, 3.63) is 39.8 Å². The molecule has 0 aliphatic rings. The molecule has 0 aliphatic carbocycles. The van der Waals surface area contributed by atoms with Crippen LogP contribution in [0.15, 0.2) is 28.7 Å². The molecule has 0 atom stereocenters. The minimum atomic E-state index is -0.235. The average Bonchev–Trinajstić information content (AvgIpc) is 2.98. The topological polar surface area (TPSA) is 96.6 Å². The van der Waals surface area contributed by atoms with Crippen molar-refractivity contribution in [2.24, 2.45) is 5.10 Å². The lowest BCUT2D eigenvalue weighted by Crippen LogP contribution is -2.19. The van der Waals surface area contributed by atoms with Crippen LogP contribution >= 0.6 is 11.3 Å². The van der Waals surface area contributed by atoms with Crippen LogP contribution in [0.4, 0.5) is 0 Å². The van der Waals surface area contributed by atoms with E-state index in [9.17, 15) is 4.79 Å². The lowest BCUT2D eigenvalue weighted by Gasteiger charge is -2.08. The van der Waals surface area contributed by atoms with Crippen molar-refractivity contribution in [1.82, 2.24) is 10.4 Å². The SMILES string of the molecule is COc1cc(/C=N\NC(=O)Cc2nc(C)cs2)ccc1OCC#N. The first kappa shape index (κ1) is 17.4. The summed E-state index contributed by atoms with van der Waals surface area (Å²) in [5.41, 5.74) is 4.08. The van der Waals surface area contributed by atoms with Crippen molar-refractivity contribution in [3.8, 4) is 17.6 Å². The average molecular weight is 344 g/mol. The summed E-state index contributed by atoms with van der Waals surface area (Å²) >= 11 is 1.44. The summed E-state index contributed by atoms with van der Waals surface area (Å²) in [5, 5.41) is 15.1. The molecule has 1 amide bonds. The Morgan fingerprint density at radius 3 is 3.00 bits per heavy atom. The molecule has 0 unspecified atom stereocenters. The molecule has 1 aromatic heterocycles. The first-order chi connectivity index (χ1) is 11.6. The van der Waals surface area contributed by atoms with Gasteiger partial charge in [0.1, 0.15) is 11.1 Å². The van der Waals surface area contributed by atoms with Crippen molar-refractivity contribution in [1.29, 1.82) is 5.26 Å². The third-order valence-electron chi connectivity index (χ3n) is 2.86. The van der Waals surface area contributed by atoms with E-state index in [1.54, 1.807) is 18.2 Å². The minimum Gasteiger partial charge on any atom is -0.493 e. The number of hydrogen-bond donors (Lipinski definition) is 1. The van der Waals surface area contributed by atoms with E-state index in [0.29, 0.717) is 11.5 Å². The van der Waals surface area contributed by atoms with Crippen molar-refractivity contribution in [3.63, 3.8) is 0 Å². The van der Waals surface area contributed by atoms with Gasteiger partial charge in [0.2, 0.25) is 5.91 Å². The molecule has 0 saturated heterocycles. The Kier molecular flexibility index (Phi) is 6.28. The Labute approximate surface area is 143 Å². The fraction of sp³-hybridized carbons (Fsp3) is 0.250. The Bertz CT molecular complexity index is 780. The van der Waals surface area contributed by atoms with Gasteiger partial charge in [0.15, 0.2) is 18.1 Å². The molecular weight excluding hydrogens is 328 g/mol. The van der Waals surface area contributed by atoms with Gasteiger partial charge in [0, 0.05) is 11.1 Å². The number of ether oxygens (including phenoxy) is 2. The number of nitrogens with one attached hydrogen (secondary N) is 1. The van der Waals surface area contributed by atoms with E-state index in [-0.39, 0.29) is 18.9 Å². The van der Waals surface area contributed by atoms with E-state index in [1.165, 1.54) is 24.7 Å². The van der Waals surface area contributed by atoms with E-state index in [1.807, 2.05) is 18.4 Å². The van der Waals surface area contributed by atoms with Crippen LogP contribution < -0.4 is 14.9 Å². The normalized spacial score (nSPS) is 10.4. The first-order valence-corrected chi connectivity index (χ1v) is 7.91. The van der Waals surface area contributed by atoms with Gasteiger partial charge in [-0.25, -0.2) is 10.4 Å². The molecule has 8 heteroatoms. The number of hydrazone groups is 1. The molecular formula is C16H16N4O3S. The summed E-state index contributed by atoms with van der Waals surface area (Å²) in [4.78, 5) is 16.0. The zero-order valence-electron chi connectivity index (χ0n) is 13.3. The van der Waals surface area contributed by atoms with Gasteiger partial charge in [-0.15, -0.1) is 11.3 Å². The van der Waals surface area contributed by atoms with Gasteiger partial charge in [-0.05, 0) is 30.7 Å². The summed E-state index contributed by atoms with van der Waals surface area (Å²) in [7, 11) is 1.51. The molecule has 7 nitrogen and oxygen atoms in total. The van der Waals surface area contributed by atoms with Crippen LogP contribution in [-0.2, 0) is 11.2 Å². The highest BCUT2D eigenvalue weighted by Crippen LogP contribution is 2.27. The Morgan fingerprint density at radius 2 is 2.33 bits per heavy atom. The molecule has 2 aromatic rings. The molecule has 1 N–H and O–H groups in total. The zero-order chi connectivity index (χ0) is 17.4. The zero-order valence-corrected chi connectivity index (χ0v) is 14.1. The molecule has 0 bridgehead atoms. The van der Waals surface area contributed by atoms with E-state index >= 15 is 0 Å². The third-order valence-corrected chi connectivity index (χ3v) is 3.83. The monoisotopic (exact) mass is 344 g/mol. The van der Waals surface area contributed by atoms with Gasteiger partial charge < -0.3 is 9.47 Å². The van der Waals surface area contributed by atoms with Gasteiger partial charge in [-0.3, -0.25) is 4.79 Å². The summed E-state index contributed by atoms with van der Waals surface area (Å²) in [6, 6.07) is 7.02. The number of hydrogen-bond acceptors (Lipinski definition) is 7. The standard InChI is InChI=1S/C16H16N4O3S/c1-11-10-24-16(19-11)8-15(21)20-18-9-12-3-4-13(23-6-5-17)14(7-12)22-2/h3-4,7,9-10H,6,8H2,1-2H3,(H,20,21)/b18-9-. The van der Waals surface area contributed by atoms with Crippen LogP contribution in [-0.4, -0.2) is 30.8 Å². The van der Waals surface area contributed by atoms with Gasteiger partial charge in [0.25, 0.3) is 0 Å². The largest absolute Gasteiger partial charge is 0.493 e. The Balaban J connectivity index is 1.93. The molecule has 1 aromatic carbocycles.